The summed E-state index contributed by atoms with van der Waals surface area (Å²) in [6, 6.07) is 0. The van der Waals surface area contributed by atoms with Gasteiger partial charge < -0.3 is 14.7 Å². The van der Waals surface area contributed by atoms with Crippen molar-refractivity contribution in [3.05, 3.63) is 0 Å². The van der Waals surface area contributed by atoms with Gasteiger partial charge in [0, 0.05) is 17.1 Å². The molecule has 3 N–H and O–H groups in total. The van der Waals surface area contributed by atoms with Crippen molar-refractivity contribution >= 4 is 18.5 Å². The van der Waals surface area contributed by atoms with Crippen molar-refractivity contribution < 1.29 is 31.7 Å². The third-order valence-corrected chi connectivity index (χ3v) is 0. The van der Waals surface area contributed by atoms with Gasteiger partial charge in [0.1, 0.15) is 0 Å². The first-order chi connectivity index (χ1) is 2.00. The average molecular weight is 169 g/mol. The summed E-state index contributed by atoms with van der Waals surface area (Å²) >= 11 is 3.60. The molecule has 1 radical (unpaired) electrons. The Kier molecular flexibility index (Phi) is 5.23. The predicted molar refractivity (Wildman–Crippen MR) is 20.9 cm³/mol. The standard InChI is InChI=1S/Mn.H3O3PS/c;1-4(2,3)5/h;(H3,1,2,3,5). The maximum Gasteiger partial charge on any atom is 0.319 e. The van der Waals surface area contributed by atoms with Gasteiger partial charge in [-0.1, -0.05) is 0 Å². The summed E-state index contributed by atoms with van der Waals surface area (Å²) in [6.07, 6.45) is 0. The minimum absolute atomic E-state index is 0. The fourth-order valence-corrected chi connectivity index (χ4v) is 0. The van der Waals surface area contributed by atoms with E-state index < -0.39 is 6.72 Å². The van der Waals surface area contributed by atoms with Gasteiger partial charge in [-0.05, 0) is 11.8 Å². The van der Waals surface area contributed by atoms with Crippen LogP contribution in [0.5, 0.6) is 0 Å². The fraction of sp³-hybridized carbons (Fsp3) is 0. The first-order valence-electron chi connectivity index (χ1n) is 0.783. The molecule has 6 heteroatoms. The van der Waals surface area contributed by atoms with Crippen LogP contribution in [0.15, 0.2) is 0 Å². The van der Waals surface area contributed by atoms with E-state index in [1.165, 1.54) is 0 Å². The van der Waals surface area contributed by atoms with Crippen LogP contribution in [0.1, 0.15) is 0 Å². The summed E-state index contributed by atoms with van der Waals surface area (Å²) in [4.78, 5) is 22.7. The van der Waals surface area contributed by atoms with E-state index in [1.54, 1.807) is 0 Å². The quantitative estimate of drug-likeness (QED) is 0.327. The normalized spacial score (nSPS) is 9.83. The predicted octanol–water partition coefficient (Wildman–Crippen LogP) is -0.815. The van der Waals surface area contributed by atoms with Crippen LogP contribution in [0, 0.1) is 0 Å². The van der Waals surface area contributed by atoms with Crippen LogP contribution in [-0.4, -0.2) is 14.7 Å². The average Bonchev–Trinajstić information content (AvgIpc) is 0.722. The van der Waals surface area contributed by atoms with Gasteiger partial charge in [-0.2, -0.15) is 0 Å². The molecule has 0 atom stereocenters. The van der Waals surface area contributed by atoms with Crippen molar-refractivity contribution in [3.63, 3.8) is 0 Å². The summed E-state index contributed by atoms with van der Waals surface area (Å²) < 4.78 is 0. The Morgan fingerprint density at radius 2 is 1.17 bits per heavy atom. The van der Waals surface area contributed by atoms with Gasteiger partial charge in [0.2, 0.25) is 0 Å². The van der Waals surface area contributed by atoms with Gasteiger partial charge in [-0.3, -0.25) is 0 Å². The summed E-state index contributed by atoms with van der Waals surface area (Å²) in [5, 5.41) is 0. The molecule has 6 heavy (non-hydrogen) atoms. The summed E-state index contributed by atoms with van der Waals surface area (Å²) in [7, 11) is 0. The Balaban J connectivity index is 0. The first kappa shape index (κ1) is 10.1. The van der Waals surface area contributed by atoms with Crippen LogP contribution in [0.25, 0.3) is 0 Å². The number of hydrogen-bond acceptors (Lipinski definition) is 1. The molecule has 0 saturated carbocycles. The van der Waals surface area contributed by atoms with E-state index in [0.29, 0.717) is 0 Å². The minimum Gasteiger partial charge on any atom is -0.325 e. The molecule has 0 fully saturated rings. The molecule has 0 heterocycles. The van der Waals surface area contributed by atoms with Gasteiger partial charge in [0.15, 0.2) is 0 Å². The van der Waals surface area contributed by atoms with Gasteiger partial charge in [-0.25, -0.2) is 0 Å². The molecular formula is H3MnO3PS. The number of rotatable bonds is 0. The van der Waals surface area contributed by atoms with Gasteiger partial charge in [0.25, 0.3) is 0 Å². The molecule has 0 unspecified atom stereocenters. The molecule has 0 rings (SSSR count). The SMILES string of the molecule is OP(O)(O)=S.[Mn]. The molecule has 0 aliphatic carbocycles. The summed E-state index contributed by atoms with van der Waals surface area (Å²) in [5.41, 5.74) is 0. The van der Waals surface area contributed by atoms with Crippen LogP contribution in [-0.2, 0) is 28.9 Å². The molecule has 0 bridgehead atoms. The molecule has 0 saturated heterocycles. The third kappa shape index (κ3) is 75.2. The van der Waals surface area contributed by atoms with Crippen LogP contribution in [0.4, 0.5) is 0 Å². The van der Waals surface area contributed by atoms with Gasteiger partial charge >= 0.3 is 6.72 Å². The van der Waals surface area contributed by atoms with Crippen molar-refractivity contribution in [2.24, 2.45) is 0 Å². The molecule has 0 aromatic heterocycles. The van der Waals surface area contributed by atoms with Crippen molar-refractivity contribution in [1.82, 2.24) is 0 Å². The molecule has 39 valence electrons. The summed E-state index contributed by atoms with van der Waals surface area (Å²) in [6.45, 7) is -3.81. The Labute approximate surface area is 50.7 Å². The van der Waals surface area contributed by atoms with Crippen LogP contribution in [0.3, 0.4) is 0 Å². The molecule has 0 aromatic carbocycles. The molecule has 0 aliphatic rings. The van der Waals surface area contributed by atoms with Crippen molar-refractivity contribution in [2.75, 3.05) is 0 Å². The van der Waals surface area contributed by atoms with Crippen molar-refractivity contribution in [3.8, 4) is 0 Å². The zero-order valence-electron chi connectivity index (χ0n) is 2.58. The summed E-state index contributed by atoms with van der Waals surface area (Å²) in [5.74, 6) is 0. The fourth-order valence-electron chi connectivity index (χ4n) is 0. The van der Waals surface area contributed by atoms with E-state index in [9.17, 15) is 0 Å². The van der Waals surface area contributed by atoms with Gasteiger partial charge in [0.05, 0.1) is 0 Å². The number of hydrogen-bond donors (Lipinski definition) is 3. The van der Waals surface area contributed by atoms with E-state index >= 15 is 0 Å². The molecule has 0 amide bonds. The topological polar surface area (TPSA) is 60.7 Å². The smallest absolute Gasteiger partial charge is 0.319 e. The molecule has 0 aromatic rings. The second-order valence-electron chi connectivity index (χ2n) is 0.513. The maximum atomic E-state index is 7.56. The molecule has 3 nitrogen and oxygen atoms in total. The van der Waals surface area contributed by atoms with Crippen molar-refractivity contribution in [2.45, 2.75) is 0 Å². The Morgan fingerprint density at radius 1 is 1.17 bits per heavy atom. The third-order valence-electron chi connectivity index (χ3n) is 0. The Morgan fingerprint density at radius 3 is 1.17 bits per heavy atom. The van der Waals surface area contributed by atoms with Crippen LogP contribution >= 0.6 is 6.72 Å². The zero-order valence-corrected chi connectivity index (χ0v) is 5.47. The van der Waals surface area contributed by atoms with E-state index in [0.717, 1.165) is 0 Å². The van der Waals surface area contributed by atoms with Crippen LogP contribution < -0.4 is 0 Å². The Hall–Kier alpha value is 1.05. The second-order valence-corrected chi connectivity index (χ2v) is 3.01. The van der Waals surface area contributed by atoms with E-state index in [-0.39, 0.29) is 17.1 Å². The molecule has 0 aliphatic heterocycles. The molecule has 0 spiro atoms. The maximum absolute atomic E-state index is 7.56. The molecular weight excluding hydrogens is 166 g/mol. The second kappa shape index (κ2) is 3.10. The van der Waals surface area contributed by atoms with E-state index in [2.05, 4.69) is 11.8 Å². The Bertz CT molecular complexity index is 56.9. The minimum atomic E-state index is -3.81. The zero-order chi connectivity index (χ0) is 4.50. The largest absolute Gasteiger partial charge is 0.325 e. The first-order valence-corrected chi connectivity index (χ1v) is 3.44. The van der Waals surface area contributed by atoms with E-state index in [1.807, 2.05) is 0 Å². The van der Waals surface area contributed by atoms with Crippen molar-refractivity contribution in [1.29, 1.82) is 0 Å². The van der Waals surface area contributed by atoms with Crippen LogP contribution in [0.2, 0.25) is 0 Å². The monoisotopic (exact) mass is 169 g/mol. The van der Waals surface area contributed by atoms with Gasteiger partial charge in [-0.15, -0.1) is 0 Å². The van der Waals surface area contributed by atoms with E-state index in [4.69, 9.17) is 14.7 Å².